The molecule has 2 aromatic heterocycles. The number of hydrogen-bond donors (Lipinski definition) is 2. The van der Waals surface area contributed by atoms with Crippen LogP contribution in [0.4, 0.5) is 14.9 Å². The molecule has 42 heavy (non-hydrogen) atoms. The van der Waals surface area contributed by atoms with E-state index in [-0.39, 0.29) is 41.1 Å². The number of likely N-dealkylation sites (tertiary alicyclic amines) is 1. The number of urea groups is 1. The number of aryl methyl sites for hydroxylation is 1. The number of fused-ring (bicyclic) bond motifs is 2. The standard InChI is InChI=1S/C30H34FN7O4/c1-17(2)38-26-13-23(31)25(12-22(26)28(40)37(30(38)42)14-18-6-7-18)33-29(41)36-10-4-5-21(16-36)32-27(39)19-8-9-24-20(11-19)15-35(3)34-24/h8-9,11-13,15,17-18,21H,4-7,10,14,16H2,1-3H3,(H,32,39)(H,33,41). The Labute approximate surface area is 240 Å². The van der Waals surface area contributed by atoms with Crippen molar-refractivity contribution >= 4 is 39.4 Å². The van der Waals surface area contributed by atoms with Crippen LogP contribution in [-0.4, -0.2) is 54.9 Å². The number of nitrogens with zero attached hydrogens (tertiary/aromatic N) is 5. The fourth-order valence-electron chi connectivity index (χ4n) is 5.75. The minimum absolute atomic E-state index is 0.132. The van der Waals surface area contributed by atoms with E-state index in [1.807, 2.05) is 27.1 Å². The van der Waals surface area contributed by atoms with Gasteiger partial charge in [0, 0.05) is 62.0 Å². The first kappa shape index (κ1) is 27.7. The first-order valence-corrected chi connectivity index (χ1v) is 14.4. The molecule has 2 aromatic carbocycles. The molecule has 3 heterocycles. The average Bonchev–Trinajstić information content (AvgIpc) is 3.69. The van der Waals surface area contributed by atoms with Crippen molar-refractivity contribution in [2.24, 2.45) is 13.0 Å². The molecule has 1 saturated carbocycles. The second-order valence-corrected chi connectivity index (χ2v) is 11.7. The van der Waals surface area contributed by atoms with Gasteiger partial charge in [-0.1, -0.05) is 0 Å². The van der Waals surface area contributed by atoms with Crippen molar-refractivity contribution in [1.82, 2.24) is 29.1 Å². The molecule has 0 bridgehead atoms. The second-order valence-electron chi connectivity index (χ2n) is 11.7. The van der Waals surface area contributed by atoms with E-state index in [1.54, 1.807) is 22.9 Å². The third-order valence-corrected chi connectivity index (χ3v) is 8.08. The normalized spacial score (nSPS) is 17.3. The van der Waals surface area contributed by atoms with Gasteiger partial charge in [0.25, 0.3) is 11.5 Å². The summed E-state index contributed by atoms with van der Waals surface area (Å²) in [6, 6.07) is 6.67. The summed E-state index contributed by atoms with van der Waals surface area (Å²) in [5.74, 6) is -0.692. The Hall–Kier alpha value is -4.48. The van der Waals surface area contributed by atoms with Gasteiger partial charge in [0.15, 0.2) is 0 Å². The SMILES string of the molecule is CC(C)n1c(=O)n(CC2CC2)c(=O)c2cc(NC(=O)N3CCCC(NC(=O)c4ccc5nn(C)cc5c4)C3)c(F)cc21. The quantitative estimate of drug-likeness (QED) is 0.364. The molecule has 0 radical (unpaired) electrons. The number of nitrogens with one attached hydrogen (secondary N) is 2. The van der Waals surface area contributed by atoms with Crippen molar-refractivity contribution < 1.29 is 14.0 Å². The number of carbonyl (C=O) groups is 2. The molecule has 1 aliphatic heterocycles. The fraction of sp³-hybridized carbons (Fsp3) is 0.433. The maximum Gasteiger partial charge on any atom is 0.331 e. The number of piperidine rings is 1. The lowest BCUT2D eigenvalue weighted by atomic mass is 10.0. The van der Waals surface area contributed by atoms with E-state index in [2.05, 4.69) is 15.7 Å². The van der Waals surface area contributed by atoms with Crippen LogP contribution in [0.2, 0.25) is 0 Å². The molecule has 1 unspecified atom stereocenters. The summed E-state index contributed by atoms with van der Waals surface area (Å²) >= 11 is 0. The molecule has 3 amide bonds. The van der Waals surface area contributed by atoms with Gasteiger partial charge in [0.1, 0.15) is 5.82 Å². The predicted octanol–water partition coefficient (Wildman–Crippen LogP) is 3.61. The van der Waals surface area contributed by atoms with Crippen LogP contribution in [0.15, 0.2) is 46.1 Å². The van der Waals surface area contributed by atoms with Crippen molar-refractivity contribution in [3.05, 3.63) is 68.7 Å². The van der Waals surface area contributed by atoms with Gasteiger partial charge in [-0.3, -0.25) is 23.4 Å². The Kier molecular flexibility index (Phi) is 7.07. The monoisotopic (exact) mass is 575 g/mol. The summed E-state index contributed by atoms with van der Waals surface area (Å²) in [6.07, 6.45) is 5.13. The summed E-state index contributed by atoms with van der Waals surface area (Å²) in [5, 5.41) is 11.0. The van der Waals surface area contributed by atoms with E-state index in [1.165, 1.54) is 20.1 Å². The number of aromatic nitrogens is 4. The minimum atomic E-state index is -0.739. The summed E-state index contributed by atoms with van der Waals surface area (Å²) in [6.45, 7) is 4.64. The molecule has 2 N–H and O–H groups in total. The number of hydrogen-bond acceptors (Lipinski definition) is 5. The van der Waals surface area contributed by atoms with Gasteiger partial charge in [-0.05, 0) is 69.7 Å². The third-order valence-electron chi connectivity index (χ3n) is 8.08. The van der Waals surface area contributed by atoms with Crippen LogP contribution < -0.4 is 21.9 Å². The van der Waals surface area contributed by atoms with Gasteiger partial charge in [-0.15, -0.1) is 0 Å². The maximum atomic E-state index is 15.3. The van der Waals surface area contributed by atoms with E-state index < -0.39 is 23.1 Å². The summed E-state index contributed by atoms with van der Waals surface area (Å²) < 4.78 is 19.7. The number of rotatable bonds is 6. The first-order chi connectivity index (χ1) is 20.1. The number of halogens is 1. The van der Waals surface area contributed by atoms with Crippen molar-refractivity contribution in [3.8, 4) is 0 Å². The molecule has 6 rings (SSSR count). The smallest absolute Gasteiger partial charge is 0.331 e. The zero-order valence-electron chi connectivity index (χ0n) is 23.9. The Bertz CT molecular complexity index is 1840. The molecule has 220 valence electrons. The lowest BCUT2D eigenvalue weighted by Crippen LogP contribution is -2.50. The van der Waals surface area contributed by atoms with Crippen LogP contribution >= 0.6 is 0 Å². The van der Waals surface area contributed by atoms with Crippen LogP contribution in [0, 0.1) is 11.7 Å². The molecular weight excluding hydrogens is 541 g/mol. The van der Waals surface area contributed by atoms with E-state index in [4.69, 9.17) is 0 Å². The Morgan fingerprint density at radius 1 is 1.12 bits per heavy atom. The fourth-order valence-corrected chi connectivity index (χ4v) is 5.75. The zero-order chi connectivity index (χ0) is 29.7. The molecule has 11 nitrogen and oxygen atoms in total. The highest BCUT2D eigenvalue weighted by atomic mass is 19.1. The van der Waals surface area contributed by atoms with Crippen LogP contribution in [0.1, 0.15) is 55.9 Å². The van der Waals surface area contributed by atoms with Gasteiger partial charge < -0.3 is 15.5 Å². The molecule has 2 fully saturated rings. The molecule has 1 atom stereocenters. The van der Waals surface area contributed by atoms with Crippen molar-refractivity contribution in [3.63, 3.8) is 0 Å². The highest BCUT2D eigenvalue weighted by Crippen LogP contribution is 2.30. The predicted molar refractivity (Wildman–Crippen MR) is 157 cm³/mol. The van der Waals surface area contributed by atoms with E-state index in [0.29, 0.717) is 37.4 Å². The van der Waals surface area contributed by atoms with Crippen LogP contribution in [0.5, 0.6) is 0 Å². The Morgan fingerprint density at radius 3 is 2.64 bits per heavy atom. The van der Waals surface area contributed by atoms with Crippen LogP contribution in [-0.2, 0) is 13.6 Å². The zero-order valence-corrected chi connectivity index (χ0v) is 23.9. The summed E-state index contributed by atoms with van der Waals surface area (Å²) in [7, 11) is 1.82. The lowest BCUT2D eigenvalue weighted by molar-refractivity contribution is 0.0913. The van der Waals surface area contributed by atoms with Crippen LogP contribution in [0.25, 0.3) is 21.8 Å². The minimum Gasteiger partial charge on any atom is -0.348 e. The number of carbonyl (C=O) groups excluding carboxylic acids is 2. The highest BCUT2D eigenvalue weighted by Gasteiger charge is 2.28. The molecule has 0 spiro atoms. The number of anilines is 1. The Balaban J connectivity index is 1.20. The lowest BCUT2D eigenvalue weighted by Gasteiger charge is -2.33. The van der Waals surface area contributed by atoms with Crippen molar-refractivity contribution in [2.75, 3.05) is 18.4 Å². The number of amides is 3. The largest absolute Gasteiger partial charge is 0.348 e. The molecule has 4 aromatic rings. The van der Waals surface area contributed by atoms with Crippen LogP contribution in [0.3, 0.4) is 0 Å². The van der Waals surface area contributed by atoms with Gasteiger partial charge in [0.05, 0.1) is 22.1 Å². The van der Waals surface area contributed by atoms with E-state index >= 15 is 4.39 Å². The van der Waals surface area contributed by atoms with Gasteiger partial charge in [-0.25, -0.2) is 14.0 Å². The maximum absolute atomic E-state index is 15.3. The van der Waals surface area contributed by atoms with E-state index in [0.717, 1.165) is 29.8 Å². The average molecular weight is 576 g/mol. The van der Waals surface area contributed by atoms with Gasteiger partial charge in [0.2, 0.25) is 0 Å². The Morgan fingerprint density at radius 2 is 1.90 bits per heavy atom. The van der Waals surface area contributed by atoms with Gasteiger partial charge in [-0.2, -0.15) is 5.10 Å². The summed E-state index contributed by atoms with van der Waals surface area (Å²) in [5.41, 5.74) is 0.430. The van der Waals surface area contributed by atoms with Crippen molar-refractivity contribution in [1.29, 1.82) is 0 Å². The molecule has 1 saturated heterocycles. The topological polar surface area (TPSA) is 123 Å². The molecule has 2 aliphatic rings. The molecule has 12 heteroatoms. The van der Waals surface area contributed by atoms with E-state index in [9.17, 15) is 19.2 Å². The number of benzene rings is 2. The molecular formula is C30H34FN7O4. The third kappa shape index (κ3) is 5.28. The van der Waals surface area contributed by atoms with Crippen molar-refractivity contribution in [2.45, 2.75) is 58.2 Å². The molecule has 1 aliphatic carbocycles. The highest BCUT2D eigenvalue weighted by molar-refractivity contribution is 5.98. The van der Waals surface area contributed by atoms with Gasteiger partial charge >= 0.3 is 11.7 Å². The first-order valence-electron chi connectivity index (χ1n) is 14.4. The second kappa shape index (κ2) is 10.7. The summed E-state index contributed by atoms with van der Waals surface area (Å²) in [4.78, 5) is 54.2.